The van der Waals surface area contributed by atoms with Crippen LogP contribution in [0.4, 0.5) is 11.4 Å². The van der Waals surface area contributed by atoms with Crippen molar-refractivity contribution >= 4 is 33.2 Å². The molecule has 0 unspecified atom stereocenters. The van der Waals surface area contributed by atoms with Crippen molar-refractivity contribution in [1.29, 1.82) is 0 Å². The van der Waals surface area contributed by atoms with Crippen molar-refractivity contribution in [1.82, 2.24) is 5.32 Å². The number of carbonyl (C=O) groups excluding carboxylic acids is 2. The smallest absolute Gasteiger partial charge is 0.255 e. The van der Waals surface area contributed by atoms with E-state index in [9.17, 15) is 18.0 Å². The summed E-state index contributed by atoms with van der Waals surface area (Å²) in [6, 6.07) is 28.7. The number of hydrogen-bond acceptors (Lipinski definition) is 4. The molecule has 0 saturated heterocycles. The van der Waals surface area contributed by atoms with E-state index in [1.807, 2.05) is 69.3 Å². The van der Waals surface area contributed by atoms with E-state index in [-0.39, 0.29) is 24.4 Å². The minimum Gasteiger partial charge on any atom is -0.345 e. The van der Waals surface area contributed by atoms with Gasteiger partial charge in [0.15, 0.2) is 0 Å². The van der Waals surface area contributed by atoms with Crippen LogP contribution in [0.5, 0.6) is 0 Å². The number of nitrogens with one attached hydrogen (secondary N) is 2. The number of para-hydroxylation sites is 2. The normalized spacial score (nSPS) is 11.9. The lowest BCUT2D eigenvalue weighted by molar-refractivity contribution is 0.0940. The summed E-state index contributed by atoms with van der Waals surface area (Å²) in [6.07, 6.45) is 1.19. The highest BCUT2D eigenvalue weighted by Gasteiger charge is 2.22. The number of nitrogens with zero attached hydrogens (tertiary/aromatic N) is 1. The number of sulfonamides is 1. The van der Waals surface area contributed by atoms with E-state index in [1.54, 1.807) is 48.5 Å². The Kier molecular flexibility index (Phi) is 8.70. The lowest BCUT2D eigenvalue weighted by Crippen LogP contribution is -2.30. The van der Waals surface area contributed by atoms with Crippen molar-refractivity contribution in [2.45, 2.75) is 33.4 Å². The van der Waals surface area contributed by atoms with E-state index in [1.165, 1.54) is 10.6 Å². The Bertz CT molecular complexity index is 1600. The molecular weight excluding hydrogens is 522 g/mol. The van der Waals surface area contributed by atoms with E-state index in [4.69, 9.17) is 0 Å². The van der Waals surface area contributed by atoms with E-state index in [0.717, 1.165) is 22.3 Å². The molecule has 7 nitrogen and oxygen atoms in total. The van der Waals surface area contributed by atoms with Crippen LogP contribution in [0.2, 0.25) is 0 Å². The molecule has 0 aliphatic rings. The highest BCUT2D eigenvalue weighted by Crippen LogP contribution is 2.28. The Morgan fingerprint density at radius 3 is 2.00 bits per heavy atom. The van der Waals surface area contributed by atoms with Gasteiger partial charge in [0, 0.05) is 5.56 Å². The Hall–Kier alpha value is -4.43. The molecule has 0 aliphatic heterocycles. The van der Waals surface area contributed by atoms with Crippen LogP contribution >= 0.6 is 0 Å². The number of amides is 2. The summed E-state index contributed by atoms with van der Waals surface area (Å²) < 4.78 is 26.8. The highest BCUT2D eigenvalue weighted by molar-refractivity contribution is 7.92. The topological polar surface area (TPSA) is 95.6 Å². The molecule has 206 valence electrons. The first kappa shape index (κ1) is 28.6. The van der Waals surface area contributed by atoms with Crippen LogP contribution in [0.25, 0.3) is 0 Å². The molecule has 2 amide bonds. The van der Waals surface area contributed by atoms with Gasteiger partial charge in [-0.05, 0) is 67.3 Å². The Morgan fingerprint density at radius 2 is 1.38 bits per heavy atom. The van der Waals surface area contributed by atoms with Crippen LogP contribution in [0, 0.1) is 13.8 Å². The molecule has 4 aromatic rings. The zero-order valence-corrected chi connectivity index (χ0v) is 23.8. The maximum absolute atomic E-state index is 13.1. The molecule has 0 fully saturated rings. The zero-order chi connectivity index (χ0) is 28.9. The lowest BCUT2D eigenvalue weighted by atomic mass is 10.1. The van der Waals surface area contributed by atoms with E-state index >= 15 is 0 Å². The fraction of sp³-hybridized carbons (Fsp3) is 0.188. The highest BCUT2D eigenvalue weighted by atomic mass is 32.2. The summed E-state index contributed by atoms with van der Waals surface area (Å²) in [5.41, 5.74) is 5.23. The molecular formula is C32H33N3O4S. The standard InChI is InChI=1S/C32H33N3O4S/c1-22-11-10-12-23(2)30(22)35(40(4,38)39)21-25-17-19-27(20-18-25)31(36)34-29-16-9-8-15-28(29)32(37)33-24(3)26-13-6-5-7-14-26/h5-20,24H,21H2,1-4H3,(H,33,37)(H,34,36)/t24-/m0/s1. The Balaban J connectivity index is 1.49. The predicted molar refractivity (Wildman–Crippen MR) is 160 cm³/mol. The van der Waals surface area contributed by atoms with Crippen LogP contribution < -0.4 is 14.9 Å². The Morgan fingerprint density at radius 1 is 0.775 bits per heavy atom. The molecule has 0 radical (unpaired) electrons. The second-order valence-electron chi connectivity index (χ2n) is 9.81. The quantitative estimate of drug-likeness (QED) is 0.264. The zero-order valence-electron chi connectivity index (χ0n) is 23.0. The number of rotatable bonds is 9. The van der Waals surface area contributed by atoms with Gasteiger partial charge in [-0.3, -0.25) is 13.9 Å². The van der Waals surface area contributed by atoms with Gasteiger partial charge in [0.25, 0.3) is 11.8 Å². The third-order valence-corrected chi connectivity index (χ3v) is 7.81. The van der Waals surface area contributed by atoms with Crippen molar-refractivity contribution < 1.29 is 18.0 Å². The first-order valence-corrected chi connectivity index (χ1v) is 14.8. The average Bonchev–Trinajstić information content (AvgIpc) is 2.93. The average molecular weight is 556 g/mol. The van der Waals surface area contributed by atoms with Crippen LogP contribution in [0.1, 0.15) is 55.9 Å². The van der Waals surface area contributed by atoms with Gasteiger partial charge in [0.2, 0.25) is 10.0 Å². The second kappa shape index (κ2) is 12.2. The number of anilines is 2. The maximum Gasteiger partial charge on any atom is 0.255 e. The van der Waals surface area contributed by atoms with Gasteiger partial charge < -0.3 is 10.6 Å². The first-order valence-electron chi connectivity index (χ1n) is 12.9. The second-order valence-corrected chi connectivity index (χ2v) is 11.7. The van der Waals surface area contributed by atoms with Crippen LogP contribution in [-0.2, 0) is 16.6 Å². The van der Waals surface area contributed by atoms with Crippen LogP contribution in [0.3, 0.4) is 0 Å². The van der Waals surface area contributed by atoms with Gasteiger partial charge in [-0.2, -0.15) is 0 Å². The van der Waals surface area contributed by atoms with Crippen molar-refractivity contribution in [2.24, 2.45) is 0 Å². The number of benzene rings is 4. The third-order valence-electron chi connectivity index (χ3n) is 6.70. The van der Waals surface area contributed by atoms with E-state index < -0.39 is 10.0 Å². The summed E-state index contributed by atoms with van der Waals surface area (Å²) in [5.74, 6) is -0.674. The van der Waals surface area contributed by atoms with E-state index in [0.29, 0.717) is 22.5 Å². The molecule has 2 N–H and O–H groups in total. The van der Waals surface area contributed by atoms with Gasteiger partial charge in [0.1, 0.15) is 0 Å². The van der Waals surface area contributed by atoms with Crippen molar-refractivity contribution in [3.63, 3.8) is 0 Å². The Labute approximate surface area is 235 Å². The molecule has 0 bridgehead atoms. The number of hydrogen-bond donors (Lipinski definition) is 2. The third kappa shape index (κ3) is 6.76. The molecule has 0 spiro atoms. The van der Waals surface area contributed by atoms with Crippen molar-refractivity contribution in [3.05, 3.63) is 130 Å². The van der Waals surface area contributed by atoms with Gasteiger partial charge in [0.05, 0.1) is 35.8 Å². The molecule has 8 heteroatoms. The lowest BCUT2D eigenvalue weighted by Gasteiger charge is -2.26. The maximum atomic E-state index is 13.1. The minimum atomic E-state index is -3.55. The summed E-state index contributed by atoms with van der Waals surface area (Å²) in [7, 11) is -3.55. The van der Waals surface area contributed by atoms with Crippen molar-refractivity contribution in [3.8, 4) is 0 Å². The summed E-state index contributed by atoms with van der Waals surface area (Å²) in [5, 5.41) is 5.82. The predicted octanol–water partition coefficient (Wildman–Crippen LogP) is 6.01. The molecule has 0 aromatic heterocycles. The van der Waals surface area contributed by atoms with Crippen LogP contribution in [-0.4, -0.2) is 26.5 Å². The monoisotopic (exact) mass is 555 g/mol. The molecule has 0 heterocycles. The van der Waals surface area contributed by atoms with Gasteiger partial charge in [-0.1, -0.05) is 72.8 Å². The number of carbonyl (C=O) groups is 2. The van der Waals surface area contributed by atoms with Gasteiger partial charge in [-0.25, -0.2) is 8.42 Å². The molecule has 0 aliphatic carbocycles. The molecule has 0 saturated carbocycles. The van der Waals surface area contributed by atoms with Crippen LogP contribution in [0.15, 0.2) is 97.1 Å². The van der Waals surface area contributed by atoms with E-state index in [2.05, 4.69) is 10.6 Å². The first-order chi connectivity index (χ1) is 19.0. The number of aryl methyl sites for hydroxylation is 2. The largest absolute Gasteiger partial charge is 0.345 e. The molecule has 40 heavy (non-hydrogen) atoms. The molecule has 4 aromatic carbocycles. The van der Waals surface area contributed by atoms with Gasteiger partial charge >= 0.3 is 0 Å². The van der Waals surface area contributed by atoms with Crippen molar-refractivity contribution in [2.75, 3.05) is 15.9 Å². The molecule has 4 rings (SSSR count). The SMILES string of the molecule is Cc1cccc(C)c1N(Cc1ccc(C(=O)Nc2ccccc2C(=O)N[C@@H](C)c2ccccc2)cc1)S(C)(=O)=O. The minimum absolute atomic E-state index is 0.134. The summed E-state index contributed by atoms with van der Waals surface area (Å²) in [6.45, 7) is 5.80. The summed E-state index contributed by atoms with van der Waals surface area (Å²) >= 11 is 0. The van der Waals surface area contributed by atoms with Gasteiger partial charge in [-0.15, -0.1) is 0 Å². The molecule has 1 atom stereocenters. The fourth-order valence-electron chi connectivity index (χ4n) is 4.57. The fourth-order valence-corrected chi connectivity index (χ4v) is 5.58. The summed E-state index contributed by atoms with van der Waals surface area (Å²) in [4.78, 5) is 26.1.